The van der Waals surface area contributed by atoms with E-state index in [1.807, 2.05) is 0 Å². The molecule has 0 spiro atoms. The number of aliphatic hydroxyl groups excluding tert-OH is 1. The zero-order valence-electron chi connectivity index (χ0n) is 8.70. The molecular formula is C12H18O2. The molecule has 0 aliphatic heterocycles. The number of ketones is 1. The highest BCUT2D eigenvalue weighted by Crippen LogP contribution is 2.60. The monoisotopic (exact) mass is 194 g/mol. The highest BCUT2D eigenvalue weighted by molar-refractivity contribution is 5.83. The van der Waals surface area contributed by atoms with Crippen LogP contribution in [0.15, 0.2) is 0 Å². The Morgan fingerprint density at radius 3 is 2.29 bits per heavy atom. The van der Waals surface area contributed by atoms with Crippen LogP contribution in [0, 0.1) is 23.2 Å². The van der Waals surface area contributed by atoms with Gasteiger partial charge >= 0.3 is 0 Å². The molecule has 0 amide bonds. The minimum atomic E-state index is -0.326. The summed E-state index contributed by atoms with van der Waals surface area (Å²) in [5.41, 5.74) is -0.325. The summed E-state index contributed by atoms with van der Waals surface area (Å²) in [6.45, 7) is 1.68. The molecule has 4 aliphatic rings. The van der Waals surface area contributed by atoms with Crippen LogP contribution in [0.5, 0.6) is 0 Å². The maximum Gasteiger partial charge on any atom is 0.138 e. The maximum atomic E-state index is 11.7. The highest BCUT2D eigenvalue weighted by atomic mass is 16.3. The number of carbonyl (C=O) groups is 1. The molecule has 0 aromatic rings. The maximum absolute atomic E-state index is 11.7. The van der Waals surface area contributed by atoms with Crippen LogP contribution in [0.4, 0.5) is 0 Å². The van der Waals surface area contributed by atoms with E-state index >= 15 is 0 Å². The molecule has 2 heteroatoms. The average Bonchev–Trinajstić information content (AvgIpc) is 2.12. The molecule has 4 fully saturated rings. The Bertz CT molecular complexity index is 270. The molecule has 0 radical (unpaired) electrons. The van der Waals surface area contributed by atoms with Crippen molar-refractivity contribution in [2.24, 2.45) is 23.2 Å². The fraction of sp³-hybridized carbons (Fsp3) is 0.917. The third kappa shape index (κ3) is 0.928. The first-order valence-corrected chi connectivity index (χ1v) is 5.81. The van der Waals surface area contributed by atoms with Gasteiger partial charge in [-0.15, -0.1) is 0 Å². The number of Topliss-reactive ketones (excluding diaryl/α,β-unsaturated/α-hetero) is 1. The minimum Gasteiger partial charge on any atom is -0.392 e. The standard InChI is InChI=1S/C12H18O2/c1-7(13)12-5-8-2-9(6-12)4-10(3-8)11(12)14/h8-11,14H,2-6H2,1H3. The summed E-state index contributed by atoms with van der Waals surface area (Å²) in [4.78, 5) is 11.7. The second kappa shape index (κ2) is 2.60. The fourth-order valence-corrected chi connectivity index (χ4v) is 4.51. The topological polar surface area (TPSA) is 37.3 Å². The van der Waals surface area contributed by atoms with Gasteiger partial charge in [-0.2, -0.15) is 0 Å². The molecule has 4 rings (SSSR count). The molecule has 3 unspecified atom stereocenters. The number of hydrogen-bond donors (Lipinski definition) is 1. The first-order chi connectivity index (χ1) is 6.62. The molecule has 2 nitrogen and oxygen atoms in total. The van der Waals surface area contributed by atoms with Gasteiger partial charge in [0.15, 0.2) is 0 Å². The lowest BCUT2D eigenvalue weighted by atomic mass is 9.47. The first kappa shape index (κ1) is 8.90. The van der Waals surface area contributed by atoms with E-state index in [0.717, 1.165) is 24.7 Å². The van der Waals surface area contributed by atoms with E-state index in [0.29, 0.717) is 5.92 Å². The van der Waals surface area contributed by atoms with E-state index < -0.39 is 0 Å². The van der Waals surface area contributed by atoms with Crippen molar-refractivity contribution in [1.82, 2.24) is 0 Å². The Kier molecular flexibility index (Phi) is 1.65. The van der Waals surface area contributed by atoms with Crippen molar-refractivity contribution in [1.29, 1.82) is 0 Å². The Morgan fingerprint density at radius 1 is 1.21 bits per heavy atom. The predicted molar refractivity (Wildman–Crippen MR) is 52.7 cm³/mol. The van der Waals surface area contributed by atoms with Crippen molar-refractivity contribution in [3.05, 3.63) is 0 Å². The van der Waals surface area contributed by atoms with Crippen LogP contribution in [0.3, 0.4) is 0 Å². The van der Waals surface area contributed by atoms with Crippen LogP contribution in [-0.2, 0) is 4.79 Å². The van der Waals surface area contributed by atoms with Gasteiger partial charge in [0.2, 0.25) is 0 Å². The average molecular weight is 194 g/mol. The largest absolute Gasteiger partial charge is 0.392 e. The van der Waals surface area contributed by atoms with Crippen LogP contribution in [-0.4, -0.2) is 17.0 Å². The van der Waals surface area contributed by atoms with E-state index in [4.69, 9.17) is 0 Å². The van der Waals surface area contributed by atoms with Crippen LogP contribution >= 0.6 is 0 Å². The summed E-state index contributed by atoms with van der Waals surface area (Å²) < 4.78 is 0. The second-order valence-electron chi connectivity index (χ2n) is 5.76. The van der Waals surface area contributed by atoms with E-state index in [2.05, 4.69) is 0 Å². The smallest absolute Gasteiger partial charge is 0.138 e. The first-order valence-electron chi connectivity index (χ1n) is 5.81. The lowest BCUT2D eigenvalue weighted by molar-refractivity contribution is -0.172. The molecule has 14 heavy (non-hydrogen) atoms. The van der Waals surface area contributed by atoms with Gasteiger partial charge in [-0.3, -0.25) is 4.79 Å². The second-order valence-corrected chi connectivity index (χ2v) is 5.76. The molecule has 0 aromatic carbocycles. The zero-order chi connectivity index (χ0) is 9.92. The third-order valence-corrected chi connectivity index (χ3v) is 4.96. The van der Waals surface area contributed by atoms with Crippen molar-refractivity contribution >= 4 is 5.78 Å². The van der Waals surface area contributed by atoms with Gasteiger partial charge < -0.3 is 5.11 Å². The van der Waals surface area contributed by atoms with Crippen LogP contribution in [0.25, 0.3) is 0 Å². The lowest BCUT2D eigenvalue weighted by Crippen LogP contribution is -2.58. The molecule has 0 heterocycles. The summed E-state index contributed by atoms with van der Waals surface area (Å²) in [7, 11) is 0. The number of carbonyl (C=O) groups excluding carboxylic acids is 1. The molecule has 4 aliphatic carbocycles. The summed E-state index contributed by atoms with van der Waals surface area (Å²) in [6.07, 6.45) is 5.28. The molecule has 0 aromatic heterocycles. The summed E-state index contributed by atoms with van der Waals surface area (Å²) >= 11 is 0. The van der Waals surface area contributed by atoms with Crippen LogP contribution in [0.1, 0.15) is 39.0 Å². The van der Waals surface area contributed by atoms with Crippen molar-refractivity contribution in [2.75, 3.05) is 0 Å². The Morgan fingerprint density at radius 2 is 1.79 bits per heavy atom. The Balaban J connectivity index is 2.01. The molecule has 0 saturated heterocycles. The molecule has 4 saturated carbocycles. The molecule has 78 valence electrons. The van der Waals surface area contributed by atoms with Crippen molar-refractivity contribution in [3.8, 4) is 0 Å². The van der Waals surface area contributed by atoms with E-state index in [-0.39, 0.29) is 17.3 Å². The van der Waals surface area contributed by atoms with E-state index in [1.165, 1.54) is 19.3 Å². The van der Waals surface area contributed by atoms with Gasteiger partial charge in [-0.05, 0) is 56.8 Å². The van der Waals surface area contributed by atoms with Gasteiger partial charge in [0, 0.05) is 0 Å². The number of hydrogen-bond acceptors (Lipinski definition) is 2. The Hall–Kier alpha value is -0.370. The van der Waals surface area contributed by atoms with Crippen molar-refractivity contribution in [2.45, 2.75) is 45.1 Å². The number of aliphatic hydroxyl groups is 1. The Labute approximate surface area is 84.7 Å². The lowest BCUT2D eigenvalue weighted by Gasteiger charge is -2.58. The SMILES string of the molecule is CC(=O)C12CC3CC(CC(C3)C1O)C2. The van der Waals surface area contributed by atoms with Crippen LogP contribution < -0.4 is 0 Å². The molecular weight excluding hydrogens is 176 g/mol. The van der Waals surface area contributed by atoms with Gasteiger partial charge in [-0.1, -0.05) is 0 Å². The summed E-state index contributed by atoms with van der Waals surface area (Å²) in [5, 5.41) is 10.2. The normalized spacial score (nSPS) is 55.0. The number of rotatable bonds is 1. The van der Waals surface area contributed by atoms with Gasteiger partial charge in [0.05, 0.1) is 11.5 Å². The van der Waals surface area contributed by atoms with Crippen molar-refractivity contribution in [3.63, 3.8) is 0 Å². The third-order valence-electron chi connectivity index (χ3n) is 4.96. The summed E-state index contributed by atoms with van der Waals surface area (Å²) in [6, 6.07) is 0. The molecule has 4 bridgehead atoms. The van der Waals surface area contributed by atoms with E-state index in [1.54, 1.807) is 6.92 Å². The summed E-state index contributed by atoms with van der Waals surface area (Å²) in [5.74, 6) is 2.15. The van der Waals surface area contributed by atoms with Gasteiger partial charge in [-0.25, -0.2) is 0 Å². The highest BCUT2D eigenvalue weighted by Gasteiger charge is 2.58. The fourth-order valence-electron chi connectivity index (χ4n) is 4.51. The van der Waals surface area contributed by atoms with Crippen LogP contribution in [0.2, 0.25) is 0 Å². The van der Waals surface area contributed by atoms with Gasteiger partial charge in [0.1, 0.15) is 5.78 Å². The zero-order valence-corrected chi connectivity index (χ0v) is 8.70. The van der Waals surface area contributed by atoms with Gasteiger partial charge in [0.25, 0.3) is 0 Å². The van der Waals surface area contributed by atoms with Crippen molar-refractivity contribution < 1.29 is 9.90 Å². The quantitative estimate of drug-likeness (QED) is 0.690. The predicted octanol–water partition coefficient (Wildman–Crippen LogP) is 1.76. The van der Waals surface area contributed by atoms with E-state index in [9.17, 15) is 9.90 Å². The molecule has 1 N–H and O–H groups in total. The minimum absolute atomic E-state index is 0.240. The molecule has 3 atom stereocenters.